The molecule has 1 fully saturated rings. The van der Waals surface area contributed by atoms with E-state index in [1.165, 1.54) is 17.5 Å². The van der Waals surface area contributed by atoms with Gasteiger partial charge in [0.1, 0.15) is 10.6 Å². The quantitative estimate of drug-likeness (QED) is 0.619. The van der Waals surface area contributed by atoms with Crippen LogP contribution in [-0.2, 0) is 14.8 Å². The minimum Gasteiger partial charge on any atom is -0.495 e. The summed E-state index contributed by atoms with van der Waals surface area (Å²) in [5, 5.41) is 3.36. The number of carbonyl (C=O) groups excluding carboxylic acids is 1. The Balaban J connectivity index is 1.64. The van der Waals surface area contributed by atoms with Crippen molar-refractivity contribution in [1.29, 1.82) is 0 Å². The summed E-state index contributed by atoms with van der Waals surface area (Å²) in [6, 6.07) is 12.2. The lowest BCUT2D eigenvalue weighted by atomic mass is 9.96. The van der Waals surface area contributed by atoms with Crippen LogP contribution in [0.15, 0.2) is 51.8 Å². The van der Waals surface area contributed by atoms with Gasteiger partial charge in [0.05, 0.1) is 13.2 Å². The molecule has 1 saturated heterocycles. The Bertz CT molecular complexity index is 1020. The van der Waals surface area contributed by atoms with Crippen molar-refractivity contribution in [1.82, 2.24) is 9.62 Å². The molecule has 3 rings (SSSR count). The van der Waals surface area contributed by atoms with Crippen LogP contribution in [0.2, 0.25) is 5.02 Å². The van der Waals surface area contributed by atoms with Crippen molar-refractivity contribution in [3.05, 3.63) is 57.5 Å². The number of rotatable bonds is 6. The first kappa shape index (κ1) is 23.1. The molecule has 2 aromatic carbocycles. The molecule has 0 bridgehead atoms. The molecule has 0 radical (unpaired) electrons. The van der Waals surface area contributed by atoms with E-state index >= 15 is 0 Å². The first-order valence-corrected chi connectivity index (χ1v) is 12.2. The van der Waals surface area contributed by atoms with E-state index in [-0.39, 0.29) is 41.6 Å². The Morgan fingerprint density at radius 3 is 2.57 bits per heavy atom. The zero-order valence-electron chi connectivity index (χ0n) is 16.8. The van der Waals surface area contributed by atoms with Crippen molar-refractivity contribution in [2.45, 2.75) is 30.7 Å². The highest BCUT2D eigenvalue weighted by molar-refractivity contribution is 9.10. The third-order valence-electron chi connectivity index (χ3n) is 5.28. The summed E-state index contributed by atoms with van der Waals surface area (Å²) < 4.78 is 33.7. The van der Waals surface area contributed by atoms with Crippen LogP contribution < -0.4 is 10.1 Å². The zero-order valence-corrected chi connectivity index (χ0v) is 19.9. The molecule has 1 N–H and O–H groups in total. The summed E-state index contributed by atoms with van der Waals surface area (Å²) >= 11 is 9.44. The van der Waals surface area contributed by atoms with Crippen LogP contribution in [0, 0.1) is 5.92 Å². The second kappa shape index (κ2) is 9.68. The third-order valence-corrected chi connectivity index (χ3v) is 7.92. The van der Waals surface area contributed by atoms with Crippen LogP contribution in [0.3, 0.4) is 0 Å². The standard InChI is InChI=1S/C21H24BrClN2O4S/c1-14(16-4-3-5-17(22)12-16)24-21(26)15-8-10-25(11-9-15)30(27,28)20-13-18(23)6-7-19(20)29-2/h3-7,12-15H,8-11H2,1-2H3,(H,24,26)/t14-/m1/s1. The number of halogens is 2. The topological polar surface area (TPSA) is 75.7 Å². The molecule has 9 heteroatoms. The molecule has 0 spiro atoms. The van der Waals surface area contributed by atoms with Crippen molar-refractivity contribution < 1.29 is 17.9 Å². The minimum absolute atomic E-state index is 0.0451. The van der Waals surface area contributed by atoms with E-state index in [1.54, 1.807) is 12.1 Å². The summed E-state index contributed by atoms with van der Waals surface area (Å²) in [7, 11) is -2.34. The first-order valence-electron chi connectivity index (χ1n) is 9.62. The average molecular weight is 516 g/mol. The van der Waals surface area contributed by atoms with Gasteiger partial charge in [0.2, 0.25) is 15.9 Å². The predicted octanol–water partition coefficient (Wildman–Crippen LogP) is 4.39. The molecule has 0 aromatic heterocycles. The number of carbonyl (C=O) groups is 1. The molecule has 0 unspecified atom stereocenters. The second-order valence-electron chi connectivity index (χ2n) is 7.26. The van der Waals surface area contributed by atoms with Gasteiger partial charge >= 0.3 is 0 Å². The average Bonchev–Trinajstić information content (AvgIpc) is 2.73. The van der Waals surface area contributed by atoms with E-state index < -0.39 is 10.0 Å². The minimum atomic E-state index is -3.76. The molecule has 1 amide bonds. The predicted molar refractivity (Wildman–Crippen MR) is 120 cm³/mol. The maximum Gasteiger partial charge on any atom is 0.246 e. The molecule has 6 nitrogen and oxygen atoms in total. The number of sulfonamides is 1. The van der Waals surface area contributed by atoms with Crippen molar-refractivity contribution in [3.63, 3.8) is 0 Å². The highest BCUT2D eigenvalue weighted by atomic mass is 79.9. The Morgan fingerprint density at radius 2 is 1.93 bits per heavy atom. The number of hydrogen-bond donors (Lipinski definition) is 1. The SMILES string of the molecule is COc1ccc(Cl)cc1S(=O)(=O)N1CCC(C(=O)N[C@H](C)c2cccc(Br)c2)CC1. The summed E-state index contributed by atoms with van der Waals surface area (Å²) in [5.74, 6) is -0.0331. The molecule has 1 atom stereocenters. The van der Waals surface area contributed by atoms with E-state index in [1.807, 2.05) is 31.2 Å². The van der Waals surface area contributed by atoms with Gasteiger partial charge < -0.3 is 10.1 Å². The fraction of sp³-hybridized carbons (Fsp3) is 0.381. The smallest absolute Gasteiger partial charge is 0.246 e. The molecule has 1 heterocycles. The maximum absolute atomic E-state index is 13.1. The fourth-order valence-corrected chi connectivity index (χ4v) is 5.85. The lowest BCUT2D eigenvalue weighted by Crippen LogP contribution is -2.43. The van der Waals surface area contributed by atoms with E-state index in [9.17, 15) is 13.2 Å². The van der Waals surface area contributed by atoms with Crippen molar-refractivity contribution in [3.8, 4) is 5.75 Å². The molecule has 0 aliphatic carbocycles. The molecule has 2 aromatic rings. The van der Waals surface area contributed by atoms with E-state index in [4.69, 9.17) is 16.3 Å². The third kappa shape index (κ3) is 5.17. The first-order chi connectivity index (χ1) is 14.2. The number of hydrogen-bond acceptors (Lipinski definition) is 4. The Hall–Kier alpha value is -1.61. The second-order valence-corrected chi connectivity index (χ2v) is 10.5. The fourth-order valence-electron chi connectivity index (χ4n) is 3.54. The lowest BCUT2D eigenvalue weighted by molar-refractivity contribution is -0.126. The molecule has 1 aliphatic heterocycles. The number of ether oxygens (including phenoxy) is 1. The van der Waals surface area contributed by atoms with E-state index in [0.717, 1.165) is 10.0 Å². The Labute approximate surface area is 190 Å². The number of piperidine rings is 1. The van der Waals surface area contributed by atoms with Gasteiger partial charge in [-0.2, -0.15) is 4.31 Å². The van der Waals surface area contributed by atoms with Gasteiger partial charge in [-0.05, 0) is 55.7 Å². The van der Waals surface area contributed by atoms with Crippen molar-refractivity contribution in [2.24, 2.45) is 5.92 Å². The zero-order chi connectivity index (χ0) is 21.9. The normalized spacial score (nSPS) is 16.8. The van der Waals surface area contributed by atoms with Gasteiger partial charge in [-0.1, -0.05) is 39.7 Å². The van der Waals surface area contributed by atoms with Gasteiger partial charge in [-0.15, -0.1) is 0 Å². The number of nitrogens with zero attached hydrogens (tertiary/aromatic N) is 1. The largest absolute Gasteiger partial charge is 0.495 e. The van der Waals surface area contributed by atoms with Gasteiger partial charge in [0, 0.05) is 28.5 Å². The van der Waals surface area contributed by atoms with E-state index in [2.05, 4.69) is 21.2 Å². The Morgan fingerprint density at radius 1 is 1.23 bits per heavy atom. The van der Waals surface area contributed by atoms with Gasteiger partial charge in [0.25, 0.3) is 0 Å². The van der Waals surface area contributed by atoms with Crippen LogP contribution in [-0.4, -0.2) is 38.8 Å². The number of nitrogens with one attached hydrogen (secondary N) is 1. The summed E-state index contributed by atoms with van der Waals surface area (Å²) in [5.41, 5.74) is 1.01. The number of amides is 1. The lowest BCUT2D eigenvalue weighted by Gasteiger charge is -2.31. The molecule has 30 heavy (non-hydrogen) atoms. The molecular weight excluding hydrogens is 492 g/mol. The molecule has 1 aliphatic rings. The van der Waals surface area contributed by atoms with Crippen molar-refractivity contribution >= 4 is 43.5 Å². The highest BCUT2D eigenvalue weighted by Crippen LogP contribution is 2.32. The molecule has 0 saturated carbocycles. The monoisotopic (exact) mass is 514 g/mol. The maximum atomic E-state index is 13.1. The van der Waals surface area contributed by atoms with Crippen molar-refractivity contribution in [2.75, 3.05) is 20.2 Å². The van der Waals surface area contributed by atoms with Gasteiger partial charge in [-0.3, -0.25) is 4.79 Å². The highest BCUT2D eigenvalue weighted by Gasteiger charge is 2.34. The Kier molecular flexibility index (Phi) is 7.44. The molecular formula is C21H24BrClN2O4S. The van der Waals surface area contributed by atoms with Crippen LogP contribution in [0.25, 0.3) is 0 Å². The van der Waals surface area contributed by atoms with E-state index in [0.29, 0.717) is 17.9 Å². The number of benzene rings is 2. The summed E-state index contributed by atoms with van der Waals surface area (Å²) in [6.45, 7) is 2.47. The summed E-state index contributed by atoms with van der Waals surface area (Å²) in [6.07, 6.45) is 0.915. The van der Waals surface area contributed by atoms with Gasteiger partial charge in [0.15, 0.2) is 0 Å². The summed E-state index contributed by atoms with van der Waals surface area (Å²) in [4.78, 5) is 12.8. The van der Waals surface area contributed by atoms with Crippen LogP contribution in [0.4, 0.5) is 0 Å². The number of methoxy groups -OCH3 is 1. The van der Waals surface area contributed by atoms with Crippen LogP contribution >= 0.6 is 27.5 Å². The molecule has 162 valence electrons. The van der Waals surface area contributed by atoms with Crippen LogP contribution in [0.5, 0.6) is 5.75 Å². The van der Waals surface area contributed by atoms with Crippen LogP contribution in [0.1, 0.15) is 31.4 Å². The van der Waals surface area contributed by atoms with Gasteiger partial charge in [-0.25, -0.2) is 8.42 Å².